The summed E-state index contributed by atoms with van der Waals surface area (Å²) in [5, 5.41) is 38.3. The maximum absolute atomic E-state index is 14.7. The van der Waals surface area contributed by atoms with Crippen LogP contribution in [0.15, 0.2) is 53.1 Å². The first-order valence-corrected chi connectivity index (χ1v) is 16.9. The number of benzene rings is 1. The Kier molecular flexibility index (Phi) is 8.69. The molecule has 4 aliphatic carbocycles. The lowest BCUT2D eigenvalue weighted by Crippen LogP contribution is -2.76. The highest BCUT2D eigenvalue weighted by Crippen LogP contribution is 2.80. The normalized spacial score (nSPS) is 39.6. The molecule has 3 saturated carbocycles. The van der Waals surface area contributed by atoms with Crippen molar-refractivity contribution in [2.24, 2.45) is 22.7 Å². The number of amides is 1. The monoisotopic (exact) mass is 695 g/mol. The number of ether oxygens (including phenoxy) is 4. The van der Waals surface area contributed by atoms with Crippen molar-refractivity contribution in [3.8, 4) is 0 Å². The van der Waals surface area contributed by atoms with Gasteiger partial charge < -0.3 is 39.6 Å². The van der Waals surface area contributed by atoms with Gasteiger partial charge in [-0.15, -0.1) is 0 Å². The van der Waals surface area contributed by atoms with Crippen LogP contribution in [0.2, 0.25) is 0 Å². The number of fused-ring (bicyclic) bond motifs is 5. The second kappa shape index (κ2) is 12.1. The van der Waals surface area contributed by atoms with Crippen molar-refractivity contribution >= 4 is 29.6 Å². The van der Waals surface area contributed by atoms with E-state index in [1.807, 2.05) is 0 Å². The summed E-state index contributed by atoms with van der Waals surface area (Å²) >= 11 is 0. The van der Waals surface area contributed by atoms with Crippen molar-refractivity contribution in [1.29, 1.82) is 0 Å². The lowest BCUT2D eigenvalue weighted by atomic mass is 9.52. The first kappa shape index (κ1) is 35.9. The fraction of sp³-hybridized carbons (Fsp3) is 0.595. The van der Waals surface area contributed by atoms with Gasteiger partial charge in [0.1, 0.15) is 12.2 Å². The molecule has 1 aromatic rings. The van der Waals surface area contributed by atoms with Crippen molar-refractivity contribution in [2.75, 3.05) is 6.61 Å². The smallest absolute Gasteiger partial charge is 0.338 e. The van der Waals surface area contributed by atoms with E-state index < -0.39 is 100 Å². The highest BCUT2D eigenvalue weighted by molar-refractivity contribution is 5.96. The average Bonchev–Trinajstić information content (AvgIpc) is 3.57. The van der Waals surface area contributed by atoms with Gasteiger partial charge in [0.2, 0.25) is 5.91 Å². The quantitative estimate of drug-likeness (QED) is 0.133. The number of hydrogen-bond acceptors (Lipinski definition) is 12. The van der Waals surface area contributed by atoms with Gasteiger partial charge in [0, 0.05) is 49.5 Å². The molecular weight excluding hydrogens is 650 g/mol. The predicted octanol–water partition coefficient (Wildman–Crippen LogP) is 1.77. The summed E-state index contributed by atoms with van der Waals surface area (Å²) in [7, 11) is 0. The van der Waals surface area contributed by atoms with Crippen LogP contribution in [0.5, 0.6) is 0 Å². The minimum absolute atomic E-state index is 0.0243. The fourth-order valence-electron chi connectivity index (χ4n) is 9.57. The Hall–Kier alpha value is -3.91. The summed E-state index contributed by atoms with van der Waals surface area (Å²) in [5.41, 5.74) is -4.55. The number of Topliss-reactive ketones (excluding diaryl/α,β-unsaturated/α-hetero) is 1. The van der Waals surface area contributed by atoms with Crippen molar-refractivity contribution in [3.63, 3.8) is 0 Å². The minimum Gasteiger partial charge on any atom is -0.456 e. The van der Waals surface area contributed by atoms with Gasteiger partial charge in [-0.2, -0.15) is 0 Å². The molecule has 1 aliphatic heterocycles. The molecule has 6 rings (SSSR count). The van der Waals surface area contributed by atoms with Gasteiger partial charge in [0.05, 0.1) is 29.8 Å². The zero-order valence-corrected chi connectivity index (χ0v) is 29.2. The lowest BCUT2D eigenvalue weighted by Gasteiger charge is -2.62. The molecule has 12 atom stereocenters. The van der Waals surface area contributed by atoms with Crippen LogP contribution in [0.25, 0.3) is 0 Å². The van der Waals surface area contributed by atoms with Gasteiger partial charge in [0.15, 0.2) is 23.6 Å². The number of aliphatic hydroxyl groups is 3. The van der Waals surface area contributed by atoms with Crippen LogP contribution >= 0.6 is 0 Å². The third kappa shape index (κ3) is 4.91. The van der Waals surface area contributed by atoms with Crippen LogP contribution < -0.4 is 5.32 Å². The second-order valence-corrected chi connectivity index (χ2v) is 14.8. The zero-order valence-electron chi connectivity index (χ0n) is 29.2. The van der Waals surface area contributed by atoms with Crippen molar-refractivity contribution in [2.45, 2.75) is 109 Å². The van der Waals surface area contributed by atoms with E-state index in [1.54, 1.807) is 71.0 Å². The van der Waals surface area contributed by atoms with Crippen molar-refractivity contribution < 1.29 is 58.2 Å². The molecule has 0 bridgehead atoms. The van der Waals surface area contributed by atoms with E-state index in [0.29, 0.717) is 16.7 Å². The molecule has 1 amide bonds. The number of carbonyl (C=O) groups is 5. The summed E-state index contributed by atoms with van der Waals surface area (Å²) in [6, 6.07) is 7.23. The van der Waals surface area contributed by atoms with Gasteiger partial charge in [-0.1, -0.05) is 43.3 Å². The van der Waals surface area contributed by atoms with E-state index in [2.05, 4.69) is 5.32 Å². The molecule has 0 aromatic heterocycles. The molecule has 5 aliphatic rings. The van der Waals surface area contributed by atoms with Crippen LogP contribution in [0.4, 0.5) is 0 Å². The third-order valence-electron chi connectivity index (χ3n) is 12.3. The average molecular weight is 696 g/mol. The van der Waals surface area contributed by atoms with E-state index in [9.17, 15) is 39.3 Å². The number of nitrogens with one attached hydrogen (secondary N) is 1. The first-order chi connectivity index (χ1) is 23.4. The Labute approximate surface area is 290 Å². The lowest BCUT2D eigenvalue weighted by molar-refractivity contribution is -0.323. The number of esters is 3. The van der Waals surface area contributed by atoms with Crippen molar-refractivity contribution in [1.82, 2.24) is 5.32 Å². The second-order valence-electron chi connectivity index (χ2n) is 14.8. The maximum atomic E-state index is 14.7. The summed E-state index contributed by atoms with van der Waals surface area (Å²) in [5.74, 6) is -5.44. The highest BCUT2D eigenvalue weighted by atomic mass is 16.6. The van der Waals surface area contributed by atoms with E-state index >= 15 is 0 Å². The molecule has 1 saturated heterocycles. The SMILES string of the molecule is C/C=C(\C)C(=O)N[C@@H](c1ccccc1)[C@@H](O)C(=O)OC1C[C@@]2(O)C3[C@@H]4[C@]5(OC(C)=O)CO[C@@H]5C[C@H](O)[C@@]4(C)C(=O)[C@H](OC(C)=O)C(=C1C)[C@]32C. The molecule has 270 valence electrons. The topological polar surface area (TPSA) is 195 Å². The Morgan fingerprint density at radius 1 is 1.04 bits per heavy atom. The Bertz CT molecular complexity index is 1700. The van der Waals surface area contributed by atoms with Crippen LogP contribution in [0.3, 0.4) is 0 Å². The standard InChI is InChI=1S/C37H45NO12/c1-8-17(2)32(44)38-26(21-12-10-9-11-13-21)27(42)33(45)49-22-15-37(46)30-29-34(6,23(41)14-24-36(29,16-47-24)50-20(5)40)31(43)28(48-19(4)39)25(18(22)3)35(30,37)7/h8-13,22-24,26-30,41-42,46H,14-16H2,1-7H3,(H,38,44)/b17-8+/t22?,23-,24+,26-,27+,28+,29-,30?,34+,35+,36-,37+/m0/s1. The number of carbonyl (C=O) groups excluding carboxylic acids is 5. The van der Waals surface area contributed by atoms with E-state index in [0.717, 1.165) is 6.92 Å². The Balaban J connectivity index is 1.42. The molecule has 1 heterocycles. The third-order valence-corrected chi connectivity index (χ3v) is 12.3. The summed E-state index contributed by atoms with van der Waals surface area (Å²) in [4.78, 5) is 66.5. The number of ketones is 1. The van der Waals surface area contributed by atoms with Gasteiger partial charge in [-0.3, -0.25) is 19.2 Å². The largest absolute Gasteiger partial charge is 0.456 e. The molecule has 4 N–H and O–H groups in total. The summed E-state index contributed by atoms with van der Waals surface area (Å²) in [6.07, 6.45) is -5.29. The molecule has 13 heteroatoms. The van der Waals surface area contributed by atoms with Crippen LogP contribution in [0.1, 0.15) is 72.9 Å². The van der Waals surface area contributed by atoms with Gasteiger partial charge in [0.25, 0.3) is 0 Å². The van der Waals surface area contributed by atoms with E-state index in [4.69, 9.17) is 18.9 Å². The molecule has 50 heavy (non-hydrogen) atoms. The van der Waals surface area contributed by atoms with E-state index in [-0.39, 0.29) is 25.0 Å². The number of aliphatic hydroxyl groups excluding tert-OH is 2. The summed E-state index contributed by atoms with van der Waals surface area (Å²) < 4.78 is 23.4. The highest BCUT2D eigenvalue weighted by Gasteiger charge is 2.89. The maximum Gasteiger partial charge on any atom is 0.338 e. The Morgan fingerprint density at radius 2 is 1.70 bits per heavy atom. The van der Waals surface area contributed by atoms with Crippen molar-refractivity contribution in [3.05, 3.63) is 58.7 Å². The van der Waals surface area contributed by atoms with Crippen LogP contribution in [-0.4, -0.2) is 93.2 Å². The van der Waals surface area contributed by atoms with Gasteiger partial charge in [-0.25, -0.2) is 4.79 Å². The van der Waals surface area contributed by atoms with Gasteiger partial charge in [-0.05, 0) is 44.4 Å². The molecule has 4 fully saturated rings. The minimum atomic E-state index is -1.88. The number of allylic oxidation sites excluding steroid dienone is 1. The van der Waals surface area contributed by atoms with Crippen LogP contribution in [0, 0.1) is 22.7 Å². The van der Waals surface area contributed by atoms with Gasteiger partial charge >= 0.3 is 17.9 Å². The molecule has 0 spiro atoms. The molecule has 1 aromatic carbocycles. The zero-order chi connectivity index (χ0) is 36.7. The van der Waals surface area contributed by atoms with Crippen LogP contribution in [-0.2, 0) is 42.9 Å². The Morgan fingerprint density at radius 3 is 2.26 bits per heavy atom. The number of rotatable bonds is 8. The number of hydrogen-bond donors (Lipinski definition) is 4. The molecular formula is C37H45NO12. The first-order valence-electron chi connectivity index (χ1n) is 16.9. The molecule has 0 radical (unpaired) electrons. The summed E-state index contributed by atoms with van der Waals surface area (Å²) in [6.45, 7) is 10.5. The van der Waals surface area contributed by atoms with E-state index in [1.165, 1.54) is 6.92 Å². The molecule has 13 nitrogen and oxygen atoms in total. The molecule has 2 unspecified atom stereocenters. The predicted molar refractivity (Wildman–Crippen MR) is 174 cm³/mol. The fourth-order valence-corrected chi connectivity index (χ4v) is 9.57.